The van der Waals surface area contributed by atoms with Crippen molar-refractivity contribution in [3.63, 3.8) is 0 Å². The number of carbonyl (C=O) groups is 4. The van der Waals surface area contributed by atoms with Gasteiger partial charge in [-0.15, -0.1) is 0 Å². The Bertz CT molecular complexity index is 3110. The largest absolute Gasteiger partial charge is 0.453 e. The number of fused-ring (bicyclic) bond motifs is 2. The molecular weight excluding hydrogens is 905 g/mol. The first-order chi connectivity index (χ1) is 35.2. The molecule has 4 amide bonds. The van der Waals surface area contributed by atoms with Crippen LogP contribution in [0, 0.1) is 0 Å². The van der Waals surface area contributed by atoms with Crippen molar-refractivity contribution in [2.45, 2.75) is 75.5 Å². The highest BCUT2D eigenvalue weighted by Crippen LogP contribution is 2.38. The molecule has 0 radical (unpaired) electrons. The number of carbonyl (C=O) groups excluding carboxylic acids is 4. The zero-order valence-electron chi connectivity index (χ0n) is 40.3. The van der Waals surface area contributed by atoms with Crippen molar-refractivity contribution < 1.29 is 28.7 Å². The molecule has 0 spiro atoms. The number of benzene rings is 6. The second kappa shape index (κ2) is 19.9. The molecule has 4 atom stereocenters. The number of aryl methyl sites for hydroxylation is 4. The van der Waals surface area contributed by atoms with Gasteiger partial charge in [-0.1, -0.05) is 109 Å². The Kier molecular flexibility index (Phi) is 12.7. The molecule has 2 fully saturated rings. The van der Waals surface area contributed by atoms with Crippen LogP contribution in [0.4, 0.5) is 9.59 Å². The Hall–Kier alpha value is -8.26. The second-order valence-electron chi connectivity index (χ2n) is 19.0. The van der Waals surface area contributed by atoms with Gasteiger partial charge < -0.3 is 39.9 Å². The van der Waals surface area contributed by atoms with E-state index in [1.807, 2.05) is 70.5 Å². The summed E-state index contributed by atoms with van der Waals surface area (Å²) >= 11 is 0. The summed E-state index contributed by atoms with van der Waals surface area (Å²) in [6.45, 7) is 1.11. The van der Waals surface area contributed by atoms with Crippen LogP contribution in [-0.4, -0.2) is 81.0 Å². The fourth-order valence-electron chi connectivity index (χ4n) is 11.0. The minimum absolute atomic E-state index is 0.201. The quantitative estimate of drug-likeness (QED) is 0.105. The lowest BCUT2D eigenvalue weighted by Gasteiger charge is -2.28. The van der Waals surface area contributed by atoms with Crippen molar-refractivity contribution >= 4 is 46.1 Å². The highest BCUT2D eigenvalue weighted by Gasteiger charge is 2.39. The molecule has 4 aliphatic carbocycles. The number of imidazole rings is 2. The predicted octanol–water partition coefficient (Wildman–Crippen LogP) is 10.2. The van der Waals surface area contributed by atoms with Gasteiger partial charge in [0.25, 0.3) is 11.8 Å². The summed E-state index contributed by atoms with van der Waals surface area (Å²) in [5.41, 5.74) is 14.5. The van der Waals surface area contributed by atoms with Crippen LogP contribution in [0.15, 0.2) is 133 Å². The van der Waals surface area contributed by atoms with Crippen molar-refractivity contribution in [3.8, 4) is 22.3 Å². The fourth-order valence-corrected chi connectivity index (χ4v) is 11.0. The van der Waals surface area contributed by atoms with E-state index in [-0.39, 0.29) is 23.9 Å². The van der Waals surface area contributed by atoms with Gasteiger partial charge in [0.15, 0.2) is 0 Å². The van der Waals surface area contributed by atoms with E-state index in [2.05, 4.69) is 93.4 Å². The monoisotopic (exact) mass is 960 g/mol. The van der Waals surface area contributed by atoms with Crippen molar-refractivity contribution in [2.24, 2.45) is 0 Å². The standard InChI is InChI=1S/C58H56N8O6/c1-71-57(69)63-51(39-11-5-3-6-12-39)55(67)65-29-9-15-49(65)53-59-45-27-25-41(33-47(45)61-53)43-31-35-17-21-37(43)23-19-36-18-22-38(24-20-35)44(32-36)42-26-28-46-48(34-42)62-54(60-46)50-16-10-30-66(50)56(68)52(64-58(70)72-2)40-13-7-4-8-14-40/h3-8,11-14,17-18,21-22,25-28,31-34,49-52H,9-10,15-16,19-20,23-24,29-30H2,1-2H3,(H,59,61)(H,60,62)(H,63,69)(H,64,70)/t49-,50-,51-,52-/m0/s1. The van der Waals surface area contributed by atoms with Gasteiger partial charge in [0.05, 0.1) is 48.4 Å². The molecule has 0 saturated carbocycles. The van der Waals surface area contributed by atoms with E-state index in [4.69, 9.17) is 19.4 Å². The molecule has 4 heterocycles. The molecule has 4 N–H and O–H groups in total. The summed E-state index contributed by atoms with van der Waals surface area (Å²) in [4.78, 5) is 74.1. The SMILES string of the molecule is COC(=O)N[C@H](C(=O)N1CCC[C@H]1c1nc2cc(-c3cc4ccc3CCc3ccc(c(-c5ccc6[nH]c([C@@H]7CCCN7C(=O)[C@@H](NC(=O)OC)c7ccccc7)nc6c5)c3)CC4)ccc2[nH]1)c1ccccc1. The van der Waals surface area contributed by atoms with Crippen LogP contribution in [0.25, 0.3) is 44.3 Å². The van der Waals surface area contributed by atoms with E-state index in [1.54, 1.807) is 0 Å². The molecule has 2 saturated heterocycles. The zero-order valence-corrected chi connectivity index (χ0v) is 40.3. The normalized spacial score (nSPS) is 17.4. The number of hydrogen-bond acceptors (Lipinski definition) is 8. The summed E-state index contributed by atoms with van der Waals surface area (Å²) in [7, 11) is 2.59. The van der Waals surface area contributed by atoms with E-state index >= 15 is 0 Å². The maximum Gasteiger partial charge on any atom is 0.407 e. The molecule has 2 aliphatic heterocycles. The number of aromatic nitrogens is 4. The molecule has 14 heteroatoms. The van der Waals surface area contributed by atoms with Gasteiger partial charge in [0, 0.05) is 13.1 Å². The van der Waals surface area contributed by atoms with E-state index in [9.17, 15) is 19.2 Å². The third-order valence-electron chi connectivity index (χ3n) is 14.7. The first-order valence-electron chi connectivity index (χ1n) is 24.8. The molecule has 4 bridgehead atoms. The van der Waals surface area contributed by atoms with Gasteiger partial charge in [-0.25, -0.2) is 19.6 Å². The number of methoxy groups -OCH3 is 2. The first kappa shape index (κ1) is 46.1. The van der Waals surface area contributed by atoms with Crippen LogP contribution in [0.1, 0.15) is 94.9 Å². The van der Waals surface area contributed by atoms with E-state index in [0.717, 1.165) is 96.2 Å². The number of alkyl carbamates (subject to hydrolysis) is 2. The molecule has 364 valence electrons. The van der Waals surface area contributed by atoms with Crippen LogP contribution in [0.2, 0.25) is 0 Å². The number of hydrogen-bond donors (Lipinski definition) is 4. The minimum Gasteiger partial charge on any atom is -0.453 e. The number of ether oxygens (including phenoxy) is 2. The molecule has 6 aromatic carbocycles. The summed E-state index contributed by atoms with van der Waals surface area (Å²) in [5.74, 6) is 1.06. The fraction of sp³-hybridized carbons (Fsp3) is 0.276. The number of amides is 4. The Balaban J connectivity index is 0.823. The molecule has 14 rings (SSSR count). The van der Waals surface area contributed by atoms with Crippen LogP contribution in [0.3, 0.4) is 0 Å². The Morgan fingerprint density at radius 2 is 0.972 bits per heavy atom. The van der Waals surface area contributed by atoms with Crippen LogP contribution >= 0.6 is 0 Å². The minimum atomic E-state index is -0.888. The Morgan fingerprint density at radius 3 is 1.39 bits per heavy atom. The second-order valence-corrected chi connectivity index (χ2v) is 19.0. The smallest absolute Gasteiger partial charge is 0.407 e. The van der Waals surface area contributed by atoms with Gasteiger partial charge in [0.2, 0.25) is 0 Å². The third kappa shape index (κ3) is 9.15. The number of nitrogens with one attached hydrogen (secondary N) is 4. The van der Waals surface area contributed by atoms with Crippen molar-refractivity contribution in [2.75, 3.05) is 27.3 Å². The van der Waals surface area contributed by atoms with E-state index in [0.29, 0.717) is 24.2 Å². The average molecular weight is 961 g/mol. The van der Waals surface area contributed by atoms with Gasteiger partial charge in [-0.3, -0.25) is 9.59 Å². The average Bonchev–Trinajstić information content (AvgIpc) is 4.26. The summed E-state index contributed by atoms with van der Waals surface area (Å²) in [5, 5.41) is 5.51. The topological polar surface area (TPSA) is 175 Å². The number of H-pyrrole nitrogens is 2. The van der Waals surface area contributed by atoms with E-state index < -0.39 is 24.3 Å². The van der Waals surface area contributed by atoms with Crippen LogP contribution in [-0.2, 0) is 44.7 Å². The highest BCUT2D eigenvalue weighted by molar-refractivity contribution is 5.89. The summed E-state index contributed by atoms with van der Waals surface area (Å²) in [6.07, 6.45) is 5.21. The first-order valence-corrected chi connectivity index (χ1v) is 24.8. The summed E-state index contributed by atoms with van der Waals surface area (Å²) < 4.78 is 9.79. The molecule has 8 aromatic rings. The zero-order chi connectivity index (χ0) is 49.3. The van der Waals surface area contributed by atoms with Crippen LogP contribution in [0.5, 0.6) is 0 Å². The molecule has 72 heavy (non-hydrogen) atoms. The Morgan fingerprint density at radius 1 is 0.542 bits per heavy atom. The molecule has 14 nitrogen and oxygen atoms in total. The molecule has 6 aliphatic rings. The van der Waals surface area contributed by atoms with Gasteiger partial charge in [-0.2, -0.15) is 0 Å². The van der Waals surface area contributed by atoms with Gasteiger partial charge in [0.1, 0.15) is 23.7 Å². The number of rotatable bonds is 10. The predicted molar refractivity (Wildman–Crippen MR) is 275 cm³/mol. The van der Waals surface area contributed by atoms with Gasteiger partial charge >= 0.3 is 12.2 Å². The summed E-state index contributed by atoms with van der Waals surface area (Å²) in [6, 6.07) is 42.8. The number of nitrogens with zero attached hydrogens (tertiary/aromatic N) is 4. The third-order valence-corrected chi connectivity index (χ3v) is 14.7. The lowest BCUT2D eigenvalue weighted by Crippen LogP contribution is -2.42. The van der Waals surface area contributed by atoms with Crippen LogP contribution < -0.4 is 10.6 Å². The van der Waals surface area contributed by atoms with Crippen molar-refractivity contribution in [1.29, 1.82) is 0 Å². The number of likely N-dealkylation sites (tertiary alicyclic amines) is 2. The Labute approximate surface area is 417 Å². The maximum absolute atomic E-state index is 14.2. The molecule has 0 unspecified atom stereocenters. The molecule has 2 aromatic heterocycles. The van der Waals surface area contributed by atoms with Crippen molar-refractivity contribution in [3.05, 3.63) is 178 Å². The number of aromatic amines is 2. The van der Waals surface area contributed by atoms with Crippen molar-refractivity contribution in [1.82, 2.24) is 40.4 Å². The van der Waals surface area contributed by atoms with E-state index in [1.165, 1.54) is 47.6 Å². The molecular formula is C58H56N8O6. The van der Waals surface area contributed by atoms with Gasteiger partial charge in [-0.05, 0) is 131 Å². The highest BCUT2D eigenvalue weighted by atomic mass is 16.5. The lowest BCUT2D eigenvalue weighted by molar-refractivity contribution is -0.135. The lowest BCUT2D eigenvalue weighted by atomic mass is 9.87. The maximum atomic E-state index is 14.2.